The molecule has 0 aliphatic carbocycles. The van der Waals surface area contributed by atoms with Crippen LogP contribution in [0.5, 0.6) is 0 Å². The van der Waals surface area contributed by atoms with E-state index in [9.17, 15) is 14.0 Å². The predicted molar refractivity (Wildman–Crippen MR) is 107 cm³/mol. The minimum Gasteiger partial charge on any atom is -0.332 e. The van der Waals surface area contributed by atoms with Crippen LogP contribution in [0.2, 0.25) is 0 Å². The molecule has 0 radical (unpaired) electrons. The van der Waals surface area contributed by atoms with Crippen LogP contribution < -0.4 is 11.2 Å². The fraction of sp³-hybridized carbons (Fsp3) is 0.300. The molecule has 0 aliphatic rings. The number of aryl methyl sites for hydroxylation is 1. The fourth-order valence-electron chi connectivity index (χ4n) is 3.41. The van der Waals surface area contributed by atoms with E-state index in [-0.39, 0.29) is 23.0 Å². The van der Waals surface area contributed by atoms with E-state index in [0.29, 0.717) is 29.9 Å². The van der Waals surface area contributed by atoms with E-state index in [0.717, 1.165) is 5.56 Å². The number of H-pyrrole nitrogens is 2. The van der Waals surface area contributed by atoms with Gasteiger partial charge < -0.3 is 4.98 Å². The normalized spacial score (nSPS) is 12.6. The molecule has 0 amide bonds. The topological polar surface area (TPSA) is 101 Å². The molecule has 3 aromatic heterocycles. The molecule has 0 bridgehead atoms. The Morgan fingerprint density at radius 3 is 2.79 bits per heavy atom. The van der Waals surface area contributed by atoms with E-state index in [1.165, 1.54) is 21.3 Å². The first-order chi connectivity index (χ1) is 13.9. The lowest BCUT2D eigenvalue weighted by Gasteiger charge is -2.13. The average Bonchev–Trinajstić information content (AvgIpc) is 3.33. The molecule has 1 aromatic carbocycles. The number of hydrogen-bond acceptors (Lipinski definition) is 4. The van der Waals surface area contributed by atoms with Gasteiger partial charge in [0.1, 0.15) is 17.2 Å². The summed E-state index contributed by atoms with van der Waals surface area (Å²) in [6.07, 6.45) is 2.71. The molecule has 8 nitrogen and oxygen atoms in total. The number of aromatic nitrogens is 6. The van der Waals surface area contributed by atoms with Crippen molar-refractivity contribution in [2.45, 2.75) is 32.7 Å². The molecule has 1 unspecified atom stereocenters. The second-order valence-corrected chi connectivity index (χ2v) is 7.11. The van der Waals surface area contributed by atoms with Gasteiger partial charge in [0.05, 0.1) is 11.3 Å². The molecule has 0 fully saturated rings. The summed E-state index contributed by atoms with van der Waals surface area (Å²) in [4.78, 5) is 33.1. The highest BCUT2D eigenvalue weighted by Gasteiger charge is 2.20. The van der Waals surface area contributed by atoms with Crippen molar-refractivity contribution in [2.24, 2.45) is 7.05 Å². The Morgan fingerprint density at radius 1 is 1.28 bits per heavy atom. The quantitative estimate of drug-likeness (QED) is 0.541. The zero-order valence-electron chi connectivity index (χ0n) is 16.4. The molecule has 2 N–H and O–H groups in total. The van der Waals surface area contributed by atoms with Crippen LogP contribution in [0.4, 0.5) is 4.39 Å². The van der Waals surface area contributed by atoms with Crippen molar-refractivity contribution in [1.82, 2.24) is 29.3 Å². The van der Waals surface area contributed by atoms with Crippen molar-refractivity contribution in [2.75, 3.05) is 0 Å². The summed E-state index contributed by atoms with van der Waals surface area (Å²) in [7, 11) is 1.59. The van der Waals surface area contributed by atoms with Gasteiger partial charge in [-0.2, -0.15) is 5.10 Å². The Hall–Kier alpha value is -3.49. The Kier molecular flexibility index (Phi) is 4.65. The second-order valence-electron chi connectivity index (χ2n) is 7.11. The molecule has 150 valence electrons. The maximum absolute atomic E-state index is 13.5. The van der Waals surface area contributed by atoms with Gasteiger partial charge in [0.25, 0.3) is 5.56 Å². The van der Waals surface area contributed by atoms with Gasteiger partial charge in [-0.15, -0.1) is 0 Å². The van der Waals surface area contributed by atoms with E-state index in [2.05, 4.69) is 20.2 Å². The Balaban J connectivity index is 1.84. The number of benzene rings is 1. The van der Waals surface area contributed by atoms with Gasteiger partial charge >= 0.3 is 5.69 Å². The van der Waals surface area contributed by atoms with Crippen LogP contribution in [0, 0.1) is 5.82 Å². The Morgan fingerprint density at radius 2 is 2.07 bits per heavy atom. The lowest BCUT2D eigenvalue weighted by Crippen LogP contribution is -2.40. The lowest BCUT2D eigenvalue weighted by molar-refractivity contribution is 0.480. The Labute approximate surface area is 165 Å². The van der Waals surface area contributed by atoms with E-state index >= 15 is 0 Å². The molecule has 0 aliphatic heterocycles. The summed E-state index contributed by atoms with van der Waals surface area (Å²) in [5.74, 6) is 0.109. The summed E-state index contributed by atoms with van der Waals surface area (Å²) in [6.45, 7) is 3.75. The van der Waals surface area contributed by atoms with Gasteiger partial charge in [0.2, 0.25) is 0 Å². The maximum Gasteiger partial charge on any atom is 0.332 e. The van der Waals surface area contributed by atoms with E-state index < -0.39 is 11.2 Å². The number of hydrogen-bond donors (Lipinski definition) is 2. The van der Waals surface area contributed by atoms with Crippen LogP contribution in [0.25, 0.3) is 22.6 Å². The number of aromatic amines is 2. The van der Waals surface area contributed by atoms with Crippen LogP contribution >= 0.6 is 0 Å². The first kappa shape index (κ1) is 18.9. The van der Waals surface area contributed by atoms with Crippen LogP contribution in [0.3, 0.4) is 0 Å². The van der Waals surface area contributed by atoms with Gasteiger partial charge in [0.15, 0.2) is 5.65 Å². The highest BCUT2D eigenvalue weighted by atomic mass is 19.1. The molecule has 0 saturated heterocycles. The van der Waals surface area contributed by atoms with Crippen molar-refractivity contribution in [3.63, 3.8) is 0 Å². The van der Waals surface area contributed by atoms with Crippen LogP contribution in [-0.2, 0) is 13.5 Å². The molecule has 4 rings (SSSR count). The molecule has 4 aromatic rings. The van der Waals surface area contributed by atoms with E-state index in [1.807, 2.05) is 19.9 Å². The van der Waals surface area contributed by atoms with Crippen LogP contribution in [0.1, 0.15) is 37.6 Å². The zero-order chi connectivity index (χ0) is 20.7. The Bertz CT molecular complexity index is 1310. The van der Waals surface area contributed by atoms with Gasteiger partial charge in [-0.25, -0.2) is 14.2 Å². The molecule has 29 heavy (non-hydrogen) atoms. The van der Waals surface area contributed by atoms with Crippen molar-refractivity contribution < 1.29 is 4.39 Å². The summed E-state index contributed by atoms with van der Waals surface area (Å²) in [6, 6.07) is 6.07. The van der Waals surface area contributed by atoms with Gasteiger partial charge in [-0.3, -0.25) is 19.0 Å². The van der Waals surface area contributed by atoms with Crippen LogP contribution in [-0.4, -0.2) is 29.3 Å². The third kappa shape index (κ3) is 3.18. The third-order valence-corrected chi connectivity index (χ3v) is 5.19. The molecule has 1 atom stereocenters. The number of imidazole rings is 1. The maximum atomic E-state index is 13.5. The fourth-order valence-corrected chi connectivity index (χ4v) is 3.41. The molecular formula is C20H21FN6O2. The molecule has 9 heteroatoms. The number of halogens is 1. The van der Waals surface area contributed by atoms with Crippen molar-refractivity contribution >= 4 is 11.2 Å². The van der Waals surface area contributed by atoms with E-state index in [1.54, 1.807) is 19.3 Å². The first-order valence-electron chi connectivity index (χ1n) is 9.39. The summed E-state index contributed by atoms with van der Waals surface area (Å²) in [5.41, 5.74) is 1.83. The van der Waals surface area contributed by atoms with Gasteiger partial charge in [-0.05, 0) is 31.0 Å². The molecule has 3 heterocycles. The smallest absolute Gasteiger partial charge is 0.332 e. The largest absolute Gasteiger partial charge is 0.332 e. The summed E-state index contributed by atoms with van der Waals surface area (Å²) in [5, 5.41) is 7.05. The lowest BCUT2D eigenvalue weighted by atomic mass is 10.1. The number of fused-ring (bicyclic) bond motifs is 1. The highest BCUT2D eigenvalue weighted by molar-refractivity contribution is 5.76. The zero-order valence-corrected chi connectivity index (χ0v) is 16.4. The summed E-state index contributed by atoms with van der Waals surface area (Å²) < 4.78 is 16.1. The highest BCUT2D eigenvalue weighted by Crippen LogP contribution is 2.23. The van der Waals surface area contributed by atoms with Crippen molar-refractivity contribution in [3.8, 4) is 11.4 Å². The minimum atomic E-state index is -0.401. The SMILES string of the molecule is CCC(C)n1c(=O)c2[nH]c(-c3c[nH]nc3Cc3cccc(F)c3)nc2n(C)c1=O. The number of nitrogens with one attached hydrogen (secondary N) is 2. The minimum absolute atomic E-state index is 0.227. The standard InChI is InChI=1S/C20H21FN6O2/c1-4-11(2)27-19(28)16-18(26(3)20(27)29)24-17(23-16)14-10-22-25-15(14)9-12-6-5-7-13(21)8-12/h5-8,10-11H,4,9H2,1-3H3,(H,22,25)(H,23,24). The molecular weight excluding hydrogens is 375 g/mol. The first-order valence-corrected chi connectivity index (χ1v) is 9.39. The monoisotopic (exact) mass is 396 g/mol. The second kappa shape index (κ2) is 7.16. The third-order valence-electron chi connectivity index (χ3n) is 5.19. The average molecular weight is 396 g/mol. The van der Waals surface area contributed by atoms with Gasteiger partial charge in [-0.1, -0.05) is 19.1 Å². The van der Waals surface area contributed by atoms with E-state index in [4.69, 9.17) is 0 Å². The van der Waals surface area contributed by atoms with Gasteiger partial charge in [0, 0.05) is 25.7 Å². The predicted octanol–water partition coefficient (Wildman–Crippen LogP) is 2.51. The number of nitrogens with zero attached hydrogens (tertiary/aromatic N) is 4. The van der Waals surface area contributed by atoms with Crippen LogP contribution in [0.15, 0.2) is 40.1 Å². The molecule has 0 spiro atoms. The van der Waals surface area contributed by atoms with Crippen molar-refractivity contribution in [1.29, 1.82) is 0 Å². The number of rotatable bonds is 5. The van der Waals surface area contributed by atoms with Crippen molar-refractivity contribution in [3.05, 3.63) is 68.4 Å². The summed E-state index contributed by atoms with van der Waals surface area (Å²) >= 11 is 0. The molecule has 0 saturated carbocycles.